The molecule has 1 N–H and O–H groups in total. The van der Waals surface area contributed by atoms with Gasteiger partial charge in [-0.1, -0.05) is 39.1 Å². The highest BCUT2D eigenvalue weighted by Crippen LogP contribution is 2.42. The number of carbonyl (C=O) groups excluding carboxylic acids is 3. The van der Waals surface area contributed by atoms with E-state index in [9.17, 15) is 37.7 Å². The second-order valence-corrected chi connectivity index (χ2v) is 9.52. The third-order valence-corrected chi connectivity index (χ3v) is 6.30. The van der Waals surface area contributed by atoms with Gasteiger partial charge in [0.2, 0.25) is 5.75 Å². The van der Waals surface area contributed by atoms with E-state index in [1.165, 1.54) is 24.3 Å². The van der Waals surface area contributed by atoms with Gasteiger partial charge in [-0.25, -0.2) is 9.69 Å². The molecule has 0 unspecified atom stereocenters. The van der Waals surface area contributed by atoms with E-state index in [4.69, 9.17) is 27.9 Å². The number of hydrogen-bond donors (Lipinski definition) is 1. The van der Waals surface area contributed by atoms with Crippen molar-refractivity contribution in [3.8, 4) is 11.5 Å². The van der Waals surface area contributed by atoms with Crippen molar-refractivity contribution in [3.63, 3.8) is 0 Å². The van der Waals surface area contributed by atoms with E-state index >= 15 is 0 Å². The minimum Gasteiger partial charge on any atom is -0.447 e. The fourth-order valence-corrected chi connectivity index (χ4v) is 4.29. The summed E-state index contributed by atoms with van der Waals surface area (Å²) < 4.78 is 45.0. The number of benzene rings is 3. The Morgan fingerprint density at radius 3 is 2.18 bits per heavy atom. The molecule has 1 saturated heterocycles. The van der Waals surface area contributed by atoms with Crippen LogP contribution in [0.2, 0.25) is 10.0 Å². The number of anilines is 1. The molecule has 1 aliphatic rings. The molecule has 9 nitrogen and oxygen atoms in total. The number of carbonyl (C=O) groups is 3. The molecule has 4 amide bonds. The van der Waals surface area contributed by atoms with Gasteiger partial charge in [-0.05, 0) is 60.2 Å². The molecule has 3 aromatic rings. The number of urea groups is 1. The third kappa shape index (κ3) is 5.90. The molecule has 39 heavy (non-hydrogen) atoms. The predicted molar refractivity (Wildman–Crippen MR) is 138 cm³/mol. The number of imide groups is 2. The Morgan fingerprint density at radius 1 is 1.00 bits per heavy atom. The summed E-state index contributed by atoms with van der Waals surface area (Å²) in [5, 5.41) is 12.9. The Bertz CT molecular complexity index is 1560. The van der Waals surface area contributed by atoms with Gasteiger partial charge in [0.1, 0.15) is 5.57 Å². The molecule has 0 aliphatic carbocycles. The van der Waals surface area contributed by atoms with Crippen LogP contribution >= 0.6 is 39.1 Å². The normalized spacial score (nSPS) is 15.0. The number of rotatable bonds is 5. The molecule has 1 fully saturated rings. The fourth-order valence-electron chi connectivity index (χ4n) is 3.44. The first-order chi connectivity index (χ1) is 18.3. The number of amides is 4. The van der Waals surface area contributed by atoms with Crippen molar-refractivity contribution in [2.45, 2.75) is 6.18 Å². The van der Waals surface area contributed by atoms with Crippen LogP contribution in [0.5, 0.6) is 11.5 Å². The van der Waals surface area contributed by atoms with Crippen molar-refractivity contribution < 1.29 is 37.2 Å². The van der Waals surface area contributed by atoms with Gasteiger partial charge in [0.25, 0.3) is 11.8 Å². The van der Waals surface area contributed by atoms with Gasteiger partial charge in [0, 0.05) is 10.5 Å². The molecule has 0 atom stereocenters. The monoisotopic (exact) mass is 643 g/mol. The summed E-state index contributed by atoms with van der Waals surface area (Å²) in [7, 11) is 0. The molecule has 1 heterocycles. The summed E-state index contributed by atoms with van der Waals surface area (Å²) in [5.41, 5.74) is -2.37. The average molecular weight is 645 g/mol. The lowest BCUT2D eigenvalue weighted by molar-refractivity contribution is -0.385. The summed E-state index contributed by atoms with van der Waals surface area (Å²) in [6.07, 6.45) is -3.72. The Morgan fingerprint density at radius 2 is 1.62 bits per heavy atom. The van der Waals surface area contributed by atoms with Gasteiger partial charge in [-0.2, -0.15) is 13.2 Å². The maximum Gasteiger partial charge on any atom is 0.416 e. The van der Waals surface area contributed by atoms with Crippen molar-refractivity contribution in [1.82, 2.24) is 5.32 Å². The highest BCUT2D eigenvalue weighted by molar-refractivity contribution is 9.10. The van der Waals surface area contributed by atoms with Crippen LogP contribution in [0.1, 0.15) is 11.1 Å². The smallest absolute Gasteiger partial charge is 0.416 e. The summed E-state index contributed by atoms with van der Waals surface area (Å²) in [4.78, 5) is 48.9. The topological polar surface area (TPSA) is 119 Å². The molecule has 4 rings (SSSR count). The number of nitrogens with zero attached hydrogens (tertiary/aromatic N) is 2. The van der Waals surface area contributed by atoms with E-state index in [1.807, 2.05) is 0 Å². The summed E-state index contributed by atoms with van der Waals surface area (Å²) in [6, 6.07) is 9.24. The molecule has 0 saturated carbocycles. The van der Waals surface area contributed by atoms with Crippen LogP contribution in [0, 0.1) is 10.1 Å². The Kier molecular flexibility index (Phi) is 7.68. The number of nitro benzene ring substituents is 1. The van der Waals surface area contributed by atoms with Crippen LogP contribution in [-0.4, -0.2) is 22.8 Å². The molecule has 1 aliphatic heterocycles. The van der Waals surface area contributed by atoms with Crippen LogP contribution in [0.25, 0.3) is 6.08 Å². The van der Waals surface area contributed by atoms with Gasteiger partial charge in [-0.3, -0.25) is 25.0 Å². The van der Waals surface area contributed by atoms with Crippen molar-refractivity contribution in [2.24, 2.45) is 0 Å². The van der Waals surface area contributed by atoms with Crippen LogP contribution in [0.15, 0.2) is 64.6 Å². The molecule has 15 heteroatoms. The number of halogens is 6. The first kappa shape index (κ1) is 28.1. The van der Waals surface area contributed by atoms with Gasteiger partial charge in [0.05, 0.1) is 26.2 Å². The van der Waals surface area contributed by atoms with Crippen LogP contribution < -0.4 is 15.0 Å². The zero-order valence-electron chi connectivity index (χ0n) is 18.9. The lowest BCUT2D eigenvalue weighted by Crippen LogP contribution is -2.54. The summed E-state index contributed by atoms with van der Waals surface area (Å²) >= 11 is 15.7. The fraction of sp³-hybridized carbons (Fsp3) is 0.0417. The van der Waals surface area contributed by atoms with E-state index < -0.39 is 51.5 Å². The lowest BCUT2D eigenvalue weighted by Gasteiger charge is -2.26. The second-order valence-electron chi connectivity index (χ2n) is 7.79. The summed E-state index contributed by atoms with van der Waals surface area (Å²) in [6.45, 7) is 0. The number of nitrogens with one attached hydrogen (secondary N) is 1. The number of barbiturate groups is 1. The number of nitro groups is 1. The van der Waals surface area contributed by atoms with Crippen molar-refractivity contribution in [2.75, 3.05) is 4.90 Å². The molecule has 0 spiro atoms. The average Bonchev–Trinajstić information content (AvgIpc) is 2.84. The molecule has 200 valence electrons. The third-order valence-electron chi connectivity index (χ3n) is 5.21. The van der Waals surface area contributed by atoms with Crippen molar-refractivity contribution >= 4 is 74.4 Å². The largest absolute Gasteiger partial charge is 0.447 e. The SMILES string of the molecule is O=C1NC(=O)N(c2ccc(Br)cc2)C(=O)/C1=C/c1cc(Cl)c(Oc2ccc(C(F)(F)F)cc2[N+](=O)[O-])c(Cl)c1. The Hall–Kier alpha value is -3.94. The maximum absolute atomic E-state index is 13.0. The number of hydrogen-bond acceptors (Lipinski definition) is 6. The quantitative estimate of drug-likeness (QED) is 0.136. The number of alkyl halides is 3. The van der Waals surface area contributed by atoms with Gasteiger partial charge < -0.3 is 4.74 Å². The van der Waals surface area contributed by atoms with E-state index in [-0.39, 0.29) is 27.0 Å². The second kappa shape index (κ2) is 10.7. The first-order valence-electron chi connectivity index (χ1n) is 10.5. The predicted octanol–water partition coefficient (Wildman–Crippen LogP) is 7.14. The molecular formula is C24H11BrCl2F3N3O6. The maximum atomic E-state index is 13.0. The Balaban J connectivity index is 1.68. The highest BCUT2D eigenvalue weighted by Gasteiger charge is 2.37. The van der Waals surface area contributed by atoms with Crippen LogP contribution in [0.4, 0.5) is 29.3 Å². The first-order valence-corrected chi connectivity index (χ1v) is 12.0. The van der Waals surface area contributed by atoms with Crippen LogP contribution in [0.3, 0.4) is 0 Å². The zero-order chi connectivity index (χ0) is 28.6. The molecule has 0 radical (unpaired) electrons. The van der Waals surface area contributed by atoms with Crippen LogP contribution in [-0.2, 0) is 15.8 Å². The van der Waals surface area contributed by atoms with Crippen molar-refractivity contribution in [1.29, 1.82) is 0 Å². The van der Waals surface area contributed by atoms with E-state index in [1.54, 1.807) is 12.1 Å². The lowest BCUT2D eigenvalue weighted by atomic mass is 10.1. The van der Waals surface area contributed by atoms with E-state index in [2.05, 4.69) is 21.2 Å². The Labute approximate surface area is 235 Å². The van der Waals surface area contributed by atoms with Gasteiger partial charge in [0.15, 0.2) is 5.75 Å². The number of ether oxygens (including phenoxy) is 1. The van der Waals surface area contributed by atoms with E-state index in [0.717, 1.165) is 17.0 Å². The molecular weight excluding hydrogens is 634 g/mol. The summed E-state index contributed by atoms with van der Waals surface area (Å²) in [5.74, 6) is -2.80. The molecule has 3 aromatic carbocycles. The minimum atomic E-state index is -4.83. The zero-order valence-corrected chi connectivity index (χ0v) is 22.0. The van der Waals surface area contributed by atoms with Gasteiger partial charge in [-0.15, -0.1) is 0 Å². The van der Waals surface area contributed by atoms with Gasteiger partial charge >= 0.3 is 17.9 Å². The minimum absolute atomic E-state index is 0.114. The molecule has 0 bridgehead atoms. The standard InChI is InChI=1S/C24H11BrCl2F3N3O6/c25-13-2-4-14(5-3-13)32-22(35)15(21(34)31-23(32)36)7-11-8-16(26)20(17(27)9-11)39-19-6-1-12(24(28,29)30)10-18(19)33(37)38/h1-10H,(H,31,34,36)/b15-7+. The van der Waals surface area contributed by atoms with Crippen molar-refractivity contribution in [3.05, 3.63) is 95.9 Å². The molecule has 0 aromatic heterocycles. The highest BCUT2D eigenvalue weighted by atomic mass is 79.9. The van der Waals surface area contributed by atoms with E-state index in [0.29, 0.717) is 16.6 Å².